The molecule has 6 nitrogen and oxygen atoms in total. The van der Waals surface area contributed by atoms with Gasteiger partial charge in [0, 0.05) is 26.2 Å². The number of hydrogen-bond acceptors (Lipinski definition) is 4. The summed E-state index contributed by atoms with van der Waals surface area (Å²) in [5.74, 6) is -0.0881. The van der Waals surface area contributed by atoms with Crippen LogP contribution in [0, 0.1) is 0 Å². The van der Waals surface area contributed by atoms with Gasteiger partial charge in [-0.1, -0.05) is 5.21 Å². The normalized spacial score (nSPS) is 17.2. The van der Waals surface area contributed by atoms with Crippen LogP contribution < -0.4 is 5.73 Å². The molecule has 70 valence electrons. The summed E-state index contributed by atoms with van der Waals surface area (Å²) < 4.78 is 1.51. The predicted molar refractivity (Wildman–Crippen MR) is 44.9 cm³/mol. The second-order valence-electron chi connectivity index (χ2n) is 3.25. The Morgan fingerprint density at radius 3 is 2.85 bits per heavy atom. The SMILES string of the molecule is Cn1cc(C(=O)N2CC(N)C2)nn1. The van der Waals surface area contributed by atoms with E-state index in [1.165, 1.54) is 4.68 Å². The van der Waals surface area contributed by atoms with Crippen LogP contribution in [0.25, 0.3) is 0 Å². The van der Waals surface area contributed by atoms with E-state index in [0.717, 1.165) is 0 Å². The fraction of sp³-hybridized carbons (Fsp3) is 0.571. The summed E-state index contributed by atoms with van der Waals surface area (Å²) in [6.07, 6.45) is 1.60. The molecule has 13 heavy (non-hydrogen) atoms. The molecular formula is C7H11N5O. The van der Waals surface area contributed by atoms with Crippen molar-refractivity contribution >= 4 is 5.91 Å². The first-order valence-corrected chi connectivity index (χ1v) is 4.08. The minimum atomic E-state index is -0.0881. The van der Waals surface area contributed by atoms with E-state index in [2.05, 4.69) is 10.3 Å². The largest absolute Gasteiger partial charge is 0.334 e. The fourth-order valence-electron chi connectivity index (χ4n) is 1.29. The predicted octanol–water partition coefficient (Wildman–Crippen LogP) is -1.40. The molecule has 2 heterocycles. The highest BCUT2D eigenvalue weighted by molar-refractivity contribution is 5.92. The summed E-state index contributed by atoms with van der Waals surface area (Å²) in [5, 5.41) is 7.41. The first kappa shape index (κ1) is 8.18. The number of hydrogen-bond donors (Lipinski definition) is 1. The van der Waals surface area contributed by atoms with Crippen LogP contribution in [0.4, 0.5) is 0 Å². The molecule has 1 aliphatic heterocycles. The van der Waals surface area contributed by atoms with Crippen LogP contribution in [-0.2, 0) is 7.05 Å². The van der Waals surface area contributed by atoms with Crippen LogP contribution >= 0.6 is 0 Å². The summed E-state index contributed by atoms with van der Waals surface area (Å²) in [5.41, 5.74) is 5.94. The molecule has 1 aromatic rings. The zero-order valence-electron chi connectivity index (χ0n) is 7.34. The molecule has 0 unspecified atom stereocenters. The second kappa shape index (κ2) is 2.81. The summed E-state index contributed by atoms with van der Waals surface area (Å²) >= 11 is 0. The molecule has 0 saturated carbocycles. The van der Waals surface area contributed by atoms with Crippen molar-refractivity contribution in [3.8, 4) is 0 Å². The van der Waals surface area contributed by atoms with Crippen LogP contribution in [0.2, 0.25) is 0 Å². The van der Waals surface area contributed by atoms with Gasteiger partial charge in [0.25, 0.3) is 5.91 Å². The van der Waals surface area contributed by atoms with Crippen molar-refractivity contribution in [1.29, 1.82) is 0 Å². The van der Waals surface area contributed by atoms with Gasteiger partial charge in [-0.25, -0.2) is 0 Å². The molecule has 2 rings (SSSR count). The van der Waals surface area contributed by atoms with Gasteiger partial charge in [0.1, 0.15) is 0 Å². The lowest BCUT2D eigenvalue weighted by Crippen LogP contribution is -2.57. The Labute approximate surface area is 75.3 Å². The first-order valence-electron chi connectivity index (χ1n) is 4.08. The zero-order chi connectivity index (χ0) is 9.42. The Bertz CT molecular complexity index is 327. The van der Waals surface area contributed by atoms with Gasteiger partial charge in [0.2, 0.25) is 0 Å². The van der Waals surface area contributed by atoms with Crippen molar-refractivity contribution < 1.29 is 4.79 Å². The van der Waals surface area contributed by atoms with E-state index in [-0.39, 0.29) is 11.9 Å². The molecule has 0 spiro atoms. The number of nitrogens with two attached hydrogens (primary N) is 1. The monoisotopic (exact) mass is 181 g/mol. The average Bonchev–Trinajstić information content (AvgIpc) is 2.45. The summed E-state index contributed by atoms with van der Waals surface area (Å²) in [6.45, 7) is 1.24. The lowest BCUT2D eigenvalue weighted by Gasteiger charge is -2.36. The number of nitrogens with zero attached hydrogens (tertiary/aromatic N) is 4. The Morgan fingerprint density at radius 1 is 1.69 bits per heavy atom. The maximum atomic E-state index is 11.5. The Balaban J connectivity index is 2.06. The molecule has 1 amide bonds. The molecule has 6 heteroatoms. The van der Waals surface area contributed by atoms with Gasteiger partial charge in [-0.2, -0.15) is 0 Å². The summed E-state index contributed by atoms with van der Waals surface area (Å²) in [4.78, 5) is 13.2. The van der Waals surface area contributed by atoms with Crippen molar-refractivity contribution in [1.82, 2.24) is 19.9 Å². The first-order chi connectivity index (χ1) is 6.16. The van der Waals surface area contributed by atoms with E-state index in [1.807, 2.05) is 0 Å². The van der Waals surface area contributed by atoms with Gasteiger partial charge < -0.3 is 10.6 Å². The Hall–Kier alpha value is -1.43. The highest BCUT2D eigenvalue weighted by Gasteiger charge is 2.29. The number of aryl methyl sites for hydroxylation is 1. The van der Waals surface area contributed by atoms with Gasteiger partial charge >= 0.3 is 0 Å². The molecule has 1 aliphatic rings. The molecule has 0 aliphatic carbocycles. The third-order valence-electron chi connectivity index (χ3n) is 2.02. The minimum absolute atomic E-state index is 0.0881. The van der Waals surface area contributed by atoms with E-state index in [1.54, 1.807) is 18.1 Å². The molecule has 0 bridgehead atoms. The number of carbonyl (C=O) groups excluding carboxylic acids is 1. The maximum Gasteiger partial charge on any atom is 0.276 e. The number of rotatable bonds is 1. The van der Waals surface area contributed by atoms with Gasteiger partial charge in [0.05, 0.1) is 6.20 Å². The van der Waals surface area contributed by atoms with E-state index in [4.69, 9.17) is 5.73 Å². The third-order valence-corrected chi connectivity index (χ3v) is 2.02. The molecule has 1 fully saturated rings. The highest BCUT2D eigenvalue weighted by Crippen LogP contribution is 2.09. The van der Waals surface area contributed by atoms with Crippen molar-refractivity contribution in [2.45, 2.75) is 6.04 Å². The topological polar surface area (TPSA) is 77.0 Å². The molecular weight excluding hydrogens is 170 g/mol. The Morgan fingerprint density at radius 2 is 2.38 bits per heavy atom. The minimum Gasteiger partial charge on any atom is -0.334 e. The molecule has 1 aromatic heterocycles. The number of likely N-dealkylation sites (tertiary alicyclic amines) is 1. The van der Waals surface area contributed by atoms with Crippen molar-refractivity contribution in [3.63, 3.8) is 0 Å². The Kier molecular flexibility index (Phi) is 1.77. The van der Waals surface area contributed by atoms with Crippen LogP contribution in [-0.4, -0.2) is 44.9 Å². The highest BCUT2D eigenvalue weighted by atomic mass is 16.2. The van der Waals surface area contributed by atoms with Crippen molar-refractivity contribution in [2.24, 2.45) is 12.8 Å². The molecule has 1 saturated heterocycles. The standard InChI is InChI=1S/C7H11N5O/c1-11-4-6(9-10-11)7(13)12-2-5(8)3-12/h4-5H,2-3,8H2,1H3. The average molecular weight is 181 g/mol. The number of carbonyl (C=O) groups is 1. The van der Waals surface area contributed by atoms with E-state index < -0.39 is 0 Å². The van der Waals surface area contributed by atoms with Gasteiger partial charge in [-0.15, -0.1) is 5.10 Å². The fourth-order valence-corrected chi connectivity index (χ4v) is 1.29. The van der Waals surface area contributed by atoms with Gasteiger partial charge in [0.15, 0.2) is 5.69 Å². The number of amides is 1. The lowest BCUT2D eigenvalue weighted by molar-refractivity contribution is 0.0602. The molecule has 0 atom stereocenters. The van der Waals surface area contributed by atoms with Crippen LogP contribution in [0.3, 0.4) is 0 Å². The maximum absolute atomic E-state index is 11.5. The lowest BCUT2D eigenvalue weighted by atomic mass is 10.1. The van der Waals surface area contributed by atoms with Crippen LogP contribution in [0.5, 0.6) is 0 Å². The van der Waals surface area contributed by atoms with E-state index >= 15 is 0 Å². The van der Waals surface area contributed by atoms with Crippen LogP contribution in [0.15, 0.2) is 6.20 Å². The summed E-state index contributed by atoms with van der Waals surface area (Å²) in [6, 6.07) is 0.126. The van der Waals surface area contributed by atoms with Crippen molar-refractivity contribution in [2.75, 3.05) is 13.1 Å². The van der Waals surface area contributed by atoms with E-state index in [0.29, 0.717) is 18.8 Å². The number of aromatic nitrogens is 3. The van der Waals surface area contributed by atoms with Crippen LogP contribution in [0.1, 0.15) is 10.5 Å². The quantitative estimate of drug-likeness (QED) is 0.578. The van der Waals surface area contributed by atoms with Crippen molar-refractivity contribution in [3.05, 3.63) is 11.9 Å². The van der Waals surface area contributed by atoms with E-state index in [9.17, 15) is 4.79 Å². The third kappa shape index (κ3) is 1.40. The van der Waals surface area contributed by atoms with Gasteiger partial charge in [-0.3, -0.25) is 9.48 Å². The zero-order valence-corrected chi connectivity index (χ0v) is 7.34. The molecule has 0 aromatic carbocycles. The smallest absolute Gasteiger partial charge is 0.276 e. The van der Waals surface area contributed by atoms with Gasteiger partial charge in [-0.05, 0) is 0 Å². The summed E-state index contributed by atoms with van der Waals surface area (Å²) in [7, 11) is 1.73. The second-order valence-corrected chi connectivity index (χ2v) is 3.25. The molecule has 0 radical (unpaired) electrons. The molecule has 2 N–H and O–H groups in total.